The first kappa shape index (κ1) is 20.1. The fourth-order valence-corrected chi connectivity index (χ4v) is 6.28. The second-order valence-corrected chi connectivity index (χ2v) is 9.87. The van der Waals surface area contributed by atoms with Gasteiger partial charge in [-0.2, -0.15) is 0 Å². The van der Waals surface area contributed by atoms with Crippen molar-refractivity contribution >= 4 is 16.7 Å². The first-order chi connectivity index (χ1) is 14.9. The molecular weight excluding hydrogens is 384 g/mol. The molecule has 0 heterocycles. The highest BCUT2D eigenvalue weighted by atomic mass is 16.5. The Morgan fingerprint density at radius 1 is 1.03 bits per heavy atom. The van der Waals surface area contributed by atoms with Gasteiger partial charge in [-0.05, 0) is 89.6 Å². The fraction of sp³-hybridized carbons (Fsp3) is 0.393. The van der Waals surface area contributed by atoms with Crippen LogP contribution in [0.3, 0.4) is 0 Å². The van der Waals surface area contributed by atoms with Gasteiger partial charge in [-0.25, -0.2) is 0 Å². The topological polar surface area (TPSA) is 46.5 Å². The van der Waals surface area contributed by atoms with E-state index in [1.54, 1.807) is 0 Å². The van der Waals surface area contributed by atoms with Crippen LogP contribution in [0.1, 0.15) is 56.2 Å². The second kappa shape index (κ2) is 7.40. The third-order valence-electron chi connectivity index (χ3n) is 8.04. The predicted octanol–water partition coefficient (Wildman–Crippen LogP) is 6.51. The van der Waals surface area contributed by atoms with Crippen molar-refractivity contribution in [3.63, 3.8) is 0 Å². The van der Waals surface area contributed by atoms with Crippen molar-refractivity contribution in [3.05, 3.63) is 77.4 Å². The molecule has 1 N–H and O–H groups in total. The smallest absolute Gasteiger partial charge is 0.309 e. The Hall–Kier alpha value is -2.81. The van der Waals surface area contributed by atoms with Gasteiger partial charge >= 0.3 is 5.97 Å². The lowest BCUT2D eigenvalue weighted by Gasteiger charge is -2.53. The van der Waals surface area contributed by atoms with Crippen molar-refractivity contribution in [2.75, 3.05) is 0 Å². The summed E-state index contributed by atoms with van der Waals surface area (Å²) < 4.78 is 6.21. The molecule has 3 nitrogen and oxygen atoms in total. The van der Waals surface area contributed by atoms with E-state index >= 15 is 0 Å². The van der Waals surface area contributed by atoms with Crippen molar-refractivity contribution in [1.29, 1.82) is 0 Å². The minimum atomic E-state index is -0.646. The SMILES string of the molecule is C[C@]1(C(=O)O)CCC[C@]2(C)c3cc(OCc4ccc5ccccc5c4)ccc3CC[C@@H]12. The molecule has 0 bridgehead atoms. The summed E-state index contributed by atoms with van der Waals surface area (Å²) in [6.07, 6.45) is 4.67. The maximum absolute atomic E-state index is 12.2. The van der Waals surface area contributed by atoms with Crippen LogP contribution in [0.5, 0.6) is 5.75 Å². The first-order valence-corrected chi connectivity index (χ1v) is 11.4. The molecule has 1 fully saturated rings. The van der Waals surface area contributed by atoms with Crippen LogP contribution in [0, 0.1) is 11.3 Å². The van der Waals surface area contributed by atoms with Gasteiger partial charge in [-0.3, -0.25) is 4.79 Å². The molecule has 3 aromatic carbocycles. The highest BCUT2D eigenvalue weighted by molar-refractivity contribution is 5.83. The van der Waals surface area contributed by atoms with E-state index < -0.39 is 11.4 Å². The van der Waals surface area contributed by atoms with Crippen molar-refractivity contribution in [2.45, 2.75) is 58.0 Å². The average Bonchev–Trinajstić information content (AvgIpc) is 2.77. The largest absolute Gasteiger partial charge is 0.489 e. The van der Waals surface area contributed by atoms with E-state index in [0.29, 0.717) is 6.61 Å². The zero-order valence-electron chi connectivity index (χ0n) is 18.4. The van der Waals surface area contributed by atoms with Gasteiger partial charge < -0.3 is 9.84 Å². The Morgan fingerprint density at radius 2 is 1.84 bits per heavy atom. The Morgan fingerprint density at radius 3 is 2.65 bits per heavy atom. The molecule has 160 valence electrons. The van der Waals surface area contributed by atoms with Crippen LogP contribution in [0.4, 0.5) is 0 Å². The van der Waals surface area contributed by atoms with Gasteiger partial charge in [0, 0.05) is 0 Å². The van der Waals surface area contributed by atoms with Crippen LogP contribution in [0.25, 0.3) is 10.8 Å². The highest BCUT2D eigenvalue weighted by Crippen LogP contribution is 2.57. The minimum Gasteiger partial charge on any atom is -0.489 e. The molecule has 0 radical (unpaired) electrons. The monoisotopic (exact) mass is 414 g/mol. The number of fused-ring (bicyclic) bond motifs is 4. The molecule has 2 aliphatic carbocycles. The Kier molecular flexibility index (Phi) is 4.80. The van der Waals surface area contributed by atoms with E-state index in [0.717, 1.165) is 43.4 Å². The van der Waals surface area contributed by atoms with E-state index in [9.17, 15) is 9.90 Å². The summed E-state index contributed by atoms with van der Waals surface area (Å²) in [5, 5.41) is 12.5. The van der Waals surface area contributed by atoms with Crippen molar-refractivity contribution in [1.82, 2.24) is 0 Å². The van der Waals surface area contributed by atoms with Crippen LogP contribution < -0.4 is 4.74 Å². The molecular formula is C28H30O3. The van der Waals surface area contributed by atoms with E-state index in [2.05, 4.69) is 67.6 Å². The van der Waals surface area contributed by atoms with Crippen LogP contribution >= 0.6 is 0 Å². The lowest BCUT2D eigenvalue weighted by molar-refractivity contribution is -0.157. The molecule has 0 amide bonds. The van der Waals surface area contributed by atoms with Crippen LogP contribution in [0.15, 0.2) is 60.7 Å². The van der Waals surface area contributed by atoms with E-state index in [4.69, 9.17) is 4.74 Å². The Labute approximate surface area is 184 Å². The normalized spacial score (nSPS) is 27.4. The zero-order valence-corrected chi connectivity index (χ0v) is 18.4. The average molecular weight is 415 g/mol. The van der Waals surface area contributed by atoms with Gasteiger partial charge in [-0.15, -0.1) is 0 Å². The lowest BCUT2D eigenvalue weighted by Crippen LogP contribution is -2.52. The molecule has 2 aliphatic rings. The summed E-state index contributed by atoms with van der Waals surface area (Å²) in [5.41, 5.74) is 3.04. The predicted molar refractivity (Wildman–Crippen MR) is 123 cm³/mol. The molecule has 0 aliphatic heterocycles. The van der Waals surface area contributed by atoms with Gasteiger partial charge in [-0.1, -0.05) is 55.8 Å². The van der Waals surface area contributed by atoms with E-state index in [-0.39, 0.29) is 11.3 Å². The van der Waals surface area contributed by atoms with Crippen molar-refractivity contribution in [2.24, 2.45) is 11.3 Å². The third kappa shape index (κ3) is 3.31. The molecule has 1 saturated carbocycles. The molecule has 3 heteroatoms. The number of hydrogen-bond acceptors (Lipinski definition) is 2. The van der Waals surface area contributed by atoms with Crippen molar-refractivity contribution < 1.29 is 14.6 Å². The van der Waals surface area contributed by atoms with E-state index in [1.807, 2.05) is 6.92 Å². The molecule has 0 aromatic heterocycles. The summed E-state index contributed by atoms with van der Waals surface area (Å²) >= 11 is 0. The van der Waals surface area contributed by atoms with Crippen LogP contribution in [-0.2, 0) is 23.2 Å². The number of carboxylic acid groups (broad SMARTS) is 1. The molecule has 0 spiro atoms. The summed E-state index contributed by atoms with van der Waals surface area (Å²) in [4.78, 5) is 12.2. The highest BCUT2D eigenvalue weighted by Gasteiger charge is 2.55. The lowest BCUT2D eigenvalue weighted by atomic mass is 9.50. The second-order valence-electron chi connectivity index (χ2n) is 9.87. The van der Waals surface area contributed by atoms with Gasteiger partial charge in [0.2, 0.25) is 0 Å². The number of hydrogen-bond donors (Lipinski definition) is 1. The van der Waals surface area contributed by atoms with Gasteiger partial charge in [0.15, 0.2) is 0 Å². The molecule has 5 rings (SSSR count). The quantitative estimate of drug-likeness (QED) is 0.529. The zero-order chi connectivity index (χ0) is 21.6. The van der Waals surface area contributed by atoms with Gasteiger partial charge in [0.05, 0.1) is 5.41 Å². The van der Waals surface area contributed by atoms with Gasteiger partial charge in [0.1, 0.15) is 12.4 Å². The molecule has 3 atom stereocenters. The standard InChI is InChI=1S/C28H30O3/c1-27-14-5-15-28(2,26(29)30)25(27)13-11-21-10-12-23(17-24(21)27)31-18-19-8-9-20-6-3-4-7-22(20)16-19/h3-4,6-10,12,16-17,25H,5,11,13-15,18H2,1-2H3,(H,29,30)/t25-,27-,28+/m1/s1. The third-order valence-corrected chi connectivity index (χ3v) is 8.04. The maximum atomic E-state index is 12.2. The molecule has 0 unspecified atom stereocenters. The number of ether oxygens (including phenoxy) is 1. The maximum Gasteiger partial charge on any atom is 0.309 e. The number of carboxylic acids is 1. The summed E-state index contributed by atoms with van der Waals surface area (Å²) in [5.74, 6) is 0.390. The van der Waals surface area contributed by atoms with Gasteiger partial charge in [0.25, 0.3) is 0 Å². The summed E-state index contributed by atoms with van der Waals surface area (Å²) in [7, 11) is 0. The van der Waals surface area contributed by atoms with Crippen molar-refractivity contribution in [3.8, 4) is 5.75 Å². The summed E-state index contributed by atoms with van der Waals surface area (Å²) in [6.45, 7) is 4.77. The van der Waals surface area contributed by atoms with Crippen LogP contribution in [-0.4, -0.2) is 11.1 Å². The van der Waals surface area contributed by atoms with Crippen LogP contribution in [0.2, 0.25) is 0 Å². The number of aryl methyl sites for hydroxylation is 1. The molecule has 0 saturated heterocycles. The number of rotatable bonds is 4. The number of carbonyl (C=O) groups is 1. The summed E-state index contributed by atoms with van der Waals surface area (Å²) in [6, 6.07) is 21.3. The first-order valence-electron chi connectivity index (χ1n) is 11.4. The number of benzene rings is 3. The number of aliphatic carboxylic acids is 1. The fourth-order valence-electron chi connectivity index (χ4n) is 6.28. The van der Waals surface area contributed by atoms with E-state index in [1.165, 1.54) is 21.9 Å². The minimum absolute atomic E-state index is 0.110. The Balaban J connectivity index is 1.42. The molecule has 3 aromatic rings. The Bertz CT molecular complexity index is 1150. The molecule has 31 heavy (non-hydrogen) atoms.